The quantitative estimate of drug-likeness (QED) is 0.428. The molecule has 2 aromatic carbocycles. The maximum absolute atomic E-state index is 12.1. The number of benzene rings is 2. The van der Waals surface area contributed by atoms with Crippen molar-refractivity contribution in [3.63, 3.8) is 0 Å². The molecule has 0 spiro atoms. The maximum atomic E-state index is 12.1. The van der Waals surface area contributed by atoms with Gasteiger partial charge in [0.05, 0.1) is 31.4 Å². The molecule has 2 aromatic rings. The summed E-state index contributed by atoms with van der Waals surface area (Å²) in [5.41, 5.74) is 3.08. The van der Waals surface area contributed by atoms with Gasteiger partial charge in [-0.3, -0.25) is 0 Å². The van der Waals surface area contributed by atoms with Gasteiger partial charge in [-0.15, -0.1) is 0 Å². The second-order valence-corrected chi connectivity index (χ2v) is 7.00. The zero-order chi connectivity index (χ0) is 22.1. The van der Waals surface area contributed by atoms with Gasteiger partial charge in [0.25, 0.3) is 0 Å². The average molecular weight is 431 g/mol. The van der Waals surface area contributed by atoms with Crippen LogP contribution in [0, 0.1) is 6.92 Å². The Bertz CT molecular complexity index is 886. The fraction of sp³-hybridized carbons (Fsp3) is 0.391. The highest BCUT2D eigenvalue weighted by molar-refractivity contribution is 7.80. The van der Waals surface area contributed by atoms with Gasteiger partial charge in [-0.25, -0.2) is 4.79 Å². The van der Waals surface area contributed by atoms with Gasteiger partial charge in [-0.1, -0.05) is 12.1 Å². The van der Waals surface area contributed by atoms with Crippen molar-refractivity contribution in [3.8, 4) is 11.5 Å². The van der Waals surface area contributed by atoms with E-state index in [0.29, 0.717) is 36.2 Å². The molecule has 0 aliphatic carbocycles. The predicted molar refractivity (Wildman–Crippen MR) is 124 cm³/mol. The standard InChI is InChI=1S/C23H30N2O4S/c1-6-27-20-13-12-17(14-21(20)28-7-2)16(5)24-23(30)25-19-11-9-10-18(15(19)4)22(26)29-8-3/h9-14,16H,6-8H2,1-5H3,(H2,24,25,30)/t16-/m1/s1. The largest absolute Gasteiger partial charge is 0.490 e. The van der Waals surface area contributed by atoms with E-state index in [1.807, 2.05) is 52.0 Å². The van der Waals surface area contributed by atoms with Crippen LogP contribution in [-0.4, -0.2) is 30.9 Å². The first-order valence-electron chi connectivity index (χ1n) is 10.1. The van der Waals surface area contributed by atoms with E-state index in [4.69, 9.17) is 26.4 Å². The summed E-state index contributed by atoms with van der Waals surface area (Å²) < 4.78 is 16.4. The molecule has 2 rings (SSSR count). The molecular formula is C23H30N2O4S. The van der Waals surface area contributed by atoms with E-state index in [9.17, 15) is 4.79 Å². The summed E-state index contributed by atoms with van der Waals surface area (Å²) in [6.45, 7) is 11.0. The molecule has 0 saturated carbocycles. The molecule has 162 valence electrons. The minimum absolute atomic E-state index is 0.0616. The van der Waals surface area contributed by atoms with Crippen molar-refractivity contribution >= 4 is 29.0 Å². The summed E-state index contributed by atoms with van der Waals surface area (Å²) in [4.78, 5) is 12.1. The third-order valence-corrected chi connectivity index (χ3v) is 4.71. The molecule has 0 saturated heterocycles. The van der Waals surface area contributed by atoms with Crippen LogP contribution in [0.2, 0.25) is 0 Å². The normalized spacial score (nSPS) is 11.4. The van der Waals surface area contributed by atoms with Gasteiger partial charge in [0.15, 0.2) is 16.6 Å². The highest BCUT2D eigenvalue weighted by Crippen LogP contribution is 2.31. The number of hydrogen-bond acceptors (Lipinski definition) is 5. The third kappa shape index (κ3) is 6.10. The van der Waals surface area contributed by atoms with Gasteiger partial charge in [0, 0.05) is 5.69 Å². The second-order valence-electron chi connectivity index (χ2n) is 6.59. The number of thiocarbonyl (C=S) groups is 1. The number of rotatable bonds is 9. The lowest BCUT2D eigenvalue weighted by Gasteiger charge is -2.20. The molecule has 2 N–H and O–H groups in total. The fourth-order valence-electron chi connectivity index (χ4n) is 2.98. The molecule has 0 amide bonds. The first-order chi connectivity index (χ1) is 14.4. The van der Waals surface area contributed by atoms with Crippen LogP contribution in [0.15, 0.2) is 36.4 Å². The van der Waals surface area contributed by atoms with E-state index in [-0.39, 0.29) is 12.0 Å². The minimum atomic E-state index is -0.344. The fourth-order valence-corrected chi connectivity index (χ4v) is 3.26. The van der Waals surface area contributed by atoms with Crippen LogP contribution in [0.5, 0.6) is 11.5 Å². The van der Waals surface area contributed by atoms with Crippen LogP contribution in [0.4, 0.5) is 5.69 Å². The van der Waals surface area contributed by atoms with E-state index in [1.54, 1.807) is 19.1 Å². The Morgan fingerprint density at radius 3 is 2.40 bits per heavy atom. The molecule has 0 aliphatic rings. The molecule has 0 unspecified atom stereocenters. The van der Waals surface area contributed by atoms with Crippen molar-refractivity contribution in [3.05, 3.63) is 53.1 Å². The second kappa shape index (κ2) is 11.4. The van der Waals surface area contributed by atoms with E-state index < -0.39 is 0 Å². The van der Waals surface area contributed by atoms with Gasteiger partial charge >= 0.3 is 5.97 Å². The molecule has 0 heterocycles. The Kier molecular flexibility index (Phi) is 8.92. The Labute approximate surface area is 183 Å². The van der Waals surface area contributed by atoms with Gasteiger partial charge in [-0.05, 0) is 82.2 Å². The summed E-state index contributed by atoms with van der Waals surface area (Å²) in [5, 5.41) is 6.91. The number of anilines is 1. The maximum Gasteiger partial charge on any atom is 0.338 e. The molecular weight excluding hydrogens is 400 g/mol. The van der Waals surface area contributed by atoms with Gasteiger partial charge < -0.3 is 24.8 Å². The Morgan fingerprint density at radius 1 is 1.03 bits per heavy atom. The number of carbonyl (C=O) groups is 1. The van der Waals surface area contributed by atoms with Crippen LogP contribution < -0.4 is 20.1 Å². The summed E-state index contributed by atoms with van der Waals surface area (Å²) in [6.07, 6.45) is 0. The summed E-state index contributed by atoms with van der Waals surface area (Å²) in [7, 11) is 0. The molecule has 0 radical (unpaired) electrons. The molecule has 0 aliphatic heterocycles. The summed E-state index contributed by atoms with van der Waals surface area (Å²) in [5.74, 6) is 1.09. The van der Waals surface area contributed by atoms with Crippen molar-refractivity contribution < 1.29 is 19.0 Å². The average Bonchev–Trinajstić information content (AvgIpc) is 2.71. The van der Waals surface area contributed by atoms with Crippen molar-refractivity contribution in [1.82, 2.24) is 5.32 Å². The van der Waals surface area contributed by atoms with E-state index in [1.165, 1.54) is 0 Å². The zero-order valence-electron chi connectivity index (χ0n) is 18.2. The van der Waals surface area contributed by atoms with Crippen molar-refractivity contribution in [1.29, 1.82) is 0 Å². The first-order valence-corrected chi connectivity index (χ1v) is 10.6. The van der Waals surface area contributed by atoms with Crippen molar-refractivity contribution in [2.24, 2.45) is 0 Å². The Balaban J connectivity index is 2.10. The van der Waals surface area contributed by atoms with Crippen molar-refractivity contribution in [2.45, 2.75) is 40.7 Å². The lowest BCUT2D eigenvalue weighted by molar-refractivity contribution is 0.0525. The van der Waals surface area contributed by atoms with Gasteiger partial charge in [0.1, 0.15) is 0 Å². The topological polar surface area (TPSA) is 68.8 Å². The lowest BCUT2D eigenvalue weighted by atomic mass is 10.1. The Hall–Kier alpha value is -2.80. The van der Waals surface area contributed by atoms with E-state index in [0.717, 1.165) is 22.6 Å². The summed E-state index contributed by atoms with van der Waals surface area (Å²) >= 11 is 5.49. The molecule has 0 fully saturated rings. The zero-order valence-corrected chi connectivity index (χ0v) is 19.0. The highest BCUT2D eigenvalue weighted by atomic mass is 32.1. The van der Waals surface area contributed by atoms with Crippen molar-refractivity contribution in [2.75, 3.05) is 25.1 Å². The highest BCUT2D eigenvalue weighted by Gasteiger charge is 2.15. The molecule has 0 bridgehead atoms. The van der Waals surface area contributed by atoms with Crippen LogP contribution >= 0.6 is 12.2 Å². The molecule has 1 atom stereocenters. The smallest absolute Gasteiger partial charge is 0.338 e. The minimum Gasteiger partial charge on any atom is -0.490 e. The predicted octanol–water partition coefficient (Wildman–Crippen LogP) is 5.02. The number of carbonyl (C=O) groups excluding carboxylic acids is 1. The Morgan fingerprint density at radius 2 is 1.73 bits per heavy atom. The SMILES string of the molecule is CCOC(=O)c1cccc(NC(=S)N[C@H](C)c2ccc(OCC)c(OCC)c2)c1C. The first kappa shape index (κ1) is 23.5. The van der Waals surface area contributed by atoms with E-state index >= 15 is 0 Å². The molecule has 0 aromatic heterocycles. The van der Waals surface area contributed by atoms with Crippen LogP contribution in [0.1, 0.15) is 55.2 Å². The van der Waals surface area contributed by atoms with Crippen LogP contribution in [0.25, 0.3) is 0 Å². The molecule has 30 heavy (non-hydrogen) atoms. The number of nitrogens with one attached hydrogen (secondary N) is 2. The van der Waals surface area contributed by atoms with Gasteiger partial charge in [-0.2, -0.15) is 0 Å². The monoisotopic (exact) mass is 430 g/mol. The number of esters is 1. The molecule has 6 nitrogen and oxygen atoms in total. The lowest BCUT2D eigenvalue weighted by Crippen LogP contribution is -2.31. The number of ether oxygens (including phenoxy) is 3. The summed E-state index contributed by atoms with van der Waals surface area (Å²) in [6, 6.07) is 11.2. The number of hydrogen-bond donors (Lipinski definition) is 2. The van der Waals surface area contributed by atoms with E-state index in [2.05, 4.69) is 10.6 Å². The van der Waals surface area contributed by atoms with Crippen LogP contribution in [0.3, 0.4) is 0 Å². The van der Waals surface area contributed by atoms with Crippen LogP contribution in [-0.2, 0) is 4.74 Å². The van der Waals surface area contributed by atoms with Gasteiger partial charge in [0.2, 0.25) is 0 Å². The molecule has 7 heteroatoms. The third-order valence-electron chi connectivity index (χ3n) is 4.49.